The molecule has 1 rings (SSSR count). The molecule has 4 nitrogen and oxygen atoms in total. The normalized spacial score (nSPS) is 17.2. The Labute approximate surface area is 46.7 Å². The van der Waals surface area contributed by atoms with Crippen molar-refractivity contribution >= 4 is 11.6 Å². The van der Waals surface area contributed by atoms with E-state index < -0.39 is 5.91 Å². The molecule has 1 aliphatic rings. The van der Waals surface area contributed by atoms with Gasteiger partial charge in [0.2, 0.25) is 0 Å². The summed E-state index contributed by atoms with van der Waals surface area (Å²) in [6.07, 6.45) is 0.606. The smallest absolute Gasteiger partial charge is 0.265 e. The van der Waals surface area contributed by atoms with E-state index in [0.717, 1.165) is 0 Å². The van der Waals surface area contributed by atoms with E-state index in [1.807, 2.05) is 0 Å². The lowest BCUT2D eigenvalue weighted by atomic mass is 10.3. The van der Waals surface area contributed by atoms with Gasteiger partial charge in [-0.1, -0.05) is 0 Å². The summed E-state index contributed by atoms with van der Waals surface area (Å²) in [5.41, 5.74) is 8.83. The minimum absolute atomic E-state index is 0.394. The zero-order chi connectivity index (χ0) is 5.98. The van der Waals surface area contributed by atoms with Crippen LogP contribution in [0.1, 0.15) is 6.42 Å². The predicted octanol–water partition coefficient (Wildman–Crippen LogP) is -1.16. The molecule has 0 atom stereocenters. The van der Waals surface area contributed by atoms with Crippen LogP contribution < -0.4 is 11.2 Å². The van der Waals surface area contributed by atoms with Crippen molar-refractivity contribution in [2.45, 2.75) is 6.42 Å². The Bertz CT molecular complexity index is 140. The number of nitrogens with two attached hydrogens (primary N) is 1. The molecule has 8 heavy (non-hydrogen) atoms. The number of hydrogen-bond donors (Lipinski definition) is 1. The highest BCUT2D eigenvalue weighted by Gasteiger charge is 2.11. The molecule has 4 heteroatoms. The first-order valence-electron chi connectivity index (χ1n) is 2.34. The number of amides is 1. The summed E-state index contributed by atoms with van der Waals surface area (Å²) in [4.78, 5) is 10.2. The number of rotatable bonds is 1. The van der Waals surface area contributed by atoms with Gasteiger partial charge in [0.25, 0.3) is 5.91 Å². The Morgan fingerprint density at radius 2 is 2.50 bits per heavy atom. The number of carbonyl (C=O) groups excluding carboxylic acids is 1. The van der Waals surface area contributed by atoms with Gasteiger partial charge in [0.05, 0.1) is 6.54 Å². The molecule has 1 amide bonds. The Balaban J connectivity index is 2.57. The van der Waals surface area contributed by atoms with Crippen molar-refractivity contribution in [2.24, 2.45) is 10.8 Å². The fraction of sp³-hybridized carbons (Fsp3) is 0.500. The van der Waals surface area contributed by atoms with Crippen LogP contribution in [0.2, 0.25) is 0 Å². The summed E-state index contributed by atoms with van der Waals surface area (Å²) in [5, 5.41) is 3.50. The number of hydrogen-bond acceptors (Lipinski definition) is 2. The monoisotopic (exact) mass is 112 g/mol. The minimum atomic E-state index is -0.453. The lowest BCUT2D eigenvalue weighted by Crippen LogP contribution is -2.21. The van der Waals surface area contributed by atoms with Crippen molar-refractivity contribution < 1.29 is 4.79 Å². The van der Waals surface area contributed by atoms with Gasteiger partial charge in [-0.2, -0.15) is 10.5 Å². The van der Waals surface area contributed by atoms with Crippen LogP contribution in [0.15, 0.2) is 5.10 Å². The lowest BCUT2D eigenvalue weighted by molar-refractivity contribution is -0.112. The van der Waals surface area contributed by atoms with Crippen LogP contribution in [0.4, 0.5) is 0 Å². The highest BCUT2D eigenvalue weighted by molar-refractivity contribution is 6.38. The second kappa shape index (κ2) is 1.81. The molecule has 1 radical (unpaired) electrons. The van der Waals surface area contributed by atoms with E-state index in [1.165, 1.54) is 0 Å². The lowest BCUT2D eigenvalue weighted by Gasteiger charge is -1.83. The average Bonchev–Trinajstić information content (AvgIpc) is 2.12. The average molecular weight is 112 g/mol. The first-order chi connectivity index (χ1) is 3.80. The van der Waals surface area contributed by atoms with Gasteiger partial charge in [-0.25, -0.2) is 0 Å². The summed E-state index contributed by atoms with van der Waals surface area (Å²) in [7, 11) is 0. The molecular weight excluding hydrogens is 106 g/mol. The fourth-order valence-corrected chi connectivity index (χ4v) is 0.514. The van der Waals surface area contributed by atoms with Crippen LogP contribution in [-0.4, -0.2) is 18.2 Å². The van der Waals surface area contributed by atoms with Gasteiger partial charge in [0.1, 0.15) is 5.71 Å². The van der Waals surface area contributed by atoms with E-state index in [2.05, 4.69) is 10.5 Å². The zero-order valence-corrected chi connectivity index (χ0v) is 4.29. The molecule has 0 aromatic carbocycles. The van der Waals surface area contributed by atoms with E-state index in [9.17, 15) is 4.79 Å². The zero-order valence-electron chi connectivity index (χ0n) is 4.29. The summed E-state index contributed by atoms with van der Waals surface area (Å²) in [6, 6.07) is 0. The maximum Gasteiger partial charge on any atom is 0.265 e. The summed E-state index contributed by atoms with van der Waals surface area (Å²) in [5.74, 6) is -0.453. The number of nitrogens with zero attached hydrogens (tertiary/aromatic N) is 2. The first kappa shape index (κ1) is 5.08. The van der Waals surface area contributed by atoms with Gasteiger partial charge < -0.3 is 5.73 Å². The van der Waals surface area contributed by atoms with Crippen molar-refractivity contribution in [3.8, 4) is 0 Å². The highest BCUT2D eigenvalue weighted by Crippen LogP contribution is 1.92. The summed E-state index contributed by atoms with van der Waals surface area (Å²) >= 11 is 0. The fourth-order valence-electron chi connectivity index (χ4n) is 0.514. The number of primary amides is 1. The van der Waals surface area contributed by atoms with Gasteiger partial charge >= 0.3 is 0 Å². The Hall–Kier alpha value is -1.06. The maximum absolute atomic E-state index is 10.2. The van der Waals surface area contributed by atoms with E-state index in [-0.39, 0.29) is 0 Å². The Morgan fingerprint density at radius 3 is 2.75 bits per heavy atom. The molecule has 0 aromatic heterocycles. The van der Waals surface area contributed by atoms with Crippen LogP contribution in [0.5, 0.6) is 0 Å². The number of carbonyl (C=O) groups is 1. The van der Waals surface area contributed by atoms with Crippen LogP contribution in [0.25, 0.3) is 0 Å². The SMILES string of the molecule is NC(=O)C1=N[N]CC1. The quantitative estimate of drug-likeness (QED) is 0.456. The van der Waals surface area contributed by atoms with Gasteiger partial charge in [-0.3, -0.25) is 4.79 Å². The van der Waals surface area contributed by atoms with Gasteiger partial charge in [0, 0.05) is 6.42 Å². The van der Waals surface area contributed by atoms with Crippen LogP contribution in [-0.2, 0) is 4.79 Å². The van der Waals surface area contributed by atoms with E-state index in [1.54, 1.807) is 0 Å². The van der Waals surface area contributed by atoms with Crippen LogP contribution in [0.3, 0.4) is 0 Å². The molecule has 1 heterocycles. The molecule has 43 valence electrons. The van der Waals surface area contributed by atoms with Gasteiger partial charge in [0.15, 0.2) is 0 Å². The van der Waals surface area contributed by atoms with Crippen molar-refractivity contribution in [2.75, 3.05) is 6.54 Å². The van der Waals surface area contributed by atoms with E-state index in [4.69, 9.17) is 5.73 Å². The van der Waals surface area contributed by atoms with Gasteiger partial charge in [-0.05, 0) is 0 Å². The van der Waals surface area contributed by atoms with Crippen molar-refractivity contribution in [3.05, 3.63) is 0 Å². The molecule has 0 aliphatic carbocycles. The second-order valence-electron chi connectivity index (χ2n) is 1.53. The molecule has 2 N–H and O–H groups in total. The third kappa shape index (κ3) is 0.776. The summed E-state index contributed by atoms with van der Waals surface area (Å²) in [6.45, 7) is 0.609. The van der Waals surface area contributed by atoms with Crippen molar-refractivity contribution in [1.29, 1.82) is 0 Å². The van der Waals surface area contributed by atoms with Crippen molar-refractivity contribution in [1.82, 2.24) is 5.43 Å². The molecule has 0 fully saturated rings. The second-order valence-corrected chi connectivity index (χ2v) is 1.53. The third-order valence-corrected chi connectivity index (χ3v) is 0.924. The molecule has 0 bridgehead atoms. The Morgan fingerprint density at radius 1 is 1.75 bits per heavy atom. The topological polar surface area (TPSA) is 69.6 Å². The standard InChI is InChI=1S/C4H6N3O/c5-4(8)3-1-2-6-7-3/h1-2H2,(H2,5,8). The molecule has 0 saturated carbocycles. The largest absolute Gasteiger partial charge is 0.364 e. The predicted molar refractivity (Wildman–Crippen MR) is 28.2 cm³/mol. The van der Waals surface area contributed by atoms with E-state index in [0.29, 0.717) is 18.7 Å². The molecule has 0 saturated heterocycles. The summed E-state index contributed by atoms with van der Waals surface area (Å²) < 4.78 is 0. The first-order valence-corrected chi connectivity index (χ1v) is 2.34. The molecule has 0 unspecified atom stereocenters. The van der Waals surface area contributed by atoms with Crippen molar-refractivity contribution in [3.63, 3.8) is 0 Å². The molecule has 1 aliphatic heterocycles. The maximum atomic E-state index is 10.2. The highest BCUT2D eigenvalue weighted by atomic mass is 16.1. The van der Waals surface area contributed by atoms with Crippen LogP contribution in [0, 0.1) is 0 Å². The Kier molecular flexibility index (Phi) is 1.15. The molecular formula is C4H6N3O. The van der Waals surface area contributed by atoms with Crippen LogP contribution >= 0.6 is 0 Å². The molecule has 0 aromatic rings. The van der Waals surface area contributed by atoms with E-state index >= 15 is 0 Å². The molecule has 0 spiro atoms. The minimum Gasteiger partial charge on any atom is -0.364 e. The third-order valence-electron chi connectivity index (χ3n) is 0.924. The van der Waals surface area contributed by atoms with Gasteiger partial charge in [-0.15, -0.1) is 0 Å².